The lowest BCUT2D eigenvalue weighted by molar-refractivity contribution is 0.209. The van der Waals surface area contributed by atoms with Crippen molar-refractivity contribution in [3.8, 4) is 11.1 Å². The lowest BCUT2D eigenvalue weighted by atomic mass is 10.1. The molecule has 1 fully saturated rings. The molecule has 3 nitrogen and oxygen atoms in total. The van der Waals surface area contributed by atoms with Gasteiger partial charge in [-0.15, -0.1) is 0 Å². The van der Waals surface area contributed by atoms with Crippen molar-refractivity contribution in [2.24, 2.45) is 0 Å². The number of pyridine rings is 1. The zero-order chi connectivity index (χ0) is 15.5. The highest BCUT2D eigenvalue weighted by atomic mass is 19.1. The van der Waals surface area contributed by atoms with Gasteiger partial charge in [0, 0.05) is 44.0 Å². The van der Waals surface area contributed by atoms with Crippen LogP contribution in [-0.4, -0.2) is 42.1 Å². The molecule has 0 spiro atoms. The SMILES string of the molecule is CC(C)N1CCN(c2ccc(-c3ccc(F)cc3)cn2)CC1. The van der Waals surface area contributed by atoms with Gasteiger partial charge < -0.3 is 4.90 Å². The molecule has 0 aliphatic carbocycles. The maximum Gasteiger partial charge on any atom is 0.128 e. The molecule has 0 saturated carbocycles. The summed E-state index contributed by atoms with van der Waals surface area (Å²) in [6, 6.07) is 11.3. The van der Waals surface area contributed by atoms with E-state index in [-0.39, 0.29) is 5.82 Å². The maximum atomic E-state index is 13.0. The van der Waals surface area contributed by atoms with E-state index in [1.54, 1.807) is 12.1 Å². The molecule has 3 rings (SSSR count). The Morgan fingerprint density at radius 3 is 2.09 bits per heavy atom. The maximum absolute atomic E-state index is 13.0. The second-order valence-corrected chi connectivity index (χ2v) is 6.03. The van der Waals surface area contributed by atoms with Gasteiger partial charge in [0.05, 0.1) is 0 Å². The monoisotopic (exact) mass is 299 g/mol. The van der Waals surface area contributed by atoms with Gasteiger partial charge >= 0.3 is 0 Å². The van der Waals surface area contributed by atoms with Crippen LogP contribution in [0.3, 0.4) is 0 Å². The summed E-state index contributed by atoms with van der Waals surface area (Å²) in [4.78, 5) is 9.40. The van der Waals surface area contributed by atoms with Crippen molar-refractivity contribution in [1.82, 2.24) is 9.88 Å². The predicted octanol–water partition coefficient (Wildman–Crippen LogP) is 3.42. The highest BCUT2D eigenvalue weighted by molar-refractivity contribution is 5.63. The zero-order valence-corrected chi connectivity index (χ0v) is 13.2. The Bertz CT molecular complexity index is 599. The molecular weight excluding hydrogens is 277 g/mol. The Kier molecular flexibility index (Phi) is 4.39. The van der Waals surface area contributed by atoms with Crippen molar-refractivity contribution in [3.63, 3.8) is 0 Å². The fourth-order valence-electron chi connectivity index (χ4n) is 2.85. The van der Waals surface area contributed by atoms with Crippen LogP contribution < -0.4 is 4.90 Å². The molecule has 1 saturated heterocycles. The van der Waals surface area contributed by atoms with E-state index in [2.05, 4.69) is 40.8 Å². The number of hydrogen-bond donors (Lipinski definition) is 0. The van der Waals surface area contributed by atoms with Crippen molar-refractivity contribution in [2.75, 3.05) is 31.1 Å². The van der Waals surface area contributed by atoms with Gasteiger partial charge in [0.25, 0.3) is 0 Å². The summed E-state index contributed by atoms with van der Waals surface area (Å²) in [5.41, 5.74) is 2.01. The number of nitrogens with zero attached hydrogens (tertiary/aromatic N) is 3. The smallest absolute Gasteiger partial charge is 0.128 e. The van der Waals surface area contributed by atoms with Gasteiger partial charge in [0.15, 0.2) is 0 Å². The molecule has 1 aliphatic rings. The van der Waals surface area contributed by atoms with E-state index in [1.807, 2.05) is 6.20 Å². The third-order valence-electron chi connectivity index (χ3n) is 4.29. The molecule has 0 radical (unpaired) electrons. The average molecular weight is 299 g/mol. The van der Waals surface area contributed by atoms with Crippen molar-refractivity contribution in [3.05, 3.63) is 48.4 Å². The van der Waals surface area contributed by atoms with Gasteiger partial charge in [-0.25, -0.2) is 9.37 Å². The summed E-state index contributed by atoms with van der Waals surface area (Å²) >= 11 is 0. The van der Waals surface area contributed by atoms with E-state index in [4.69, 9.17) is 0 Å². The third kappa shape index (κ3) is 3.28. The van der Waals surface area contributed by atoms with Gasteiger partial charge in [-0.05, 0) is 43.7 Å². The number of benzene rings is 1. The minimum atomic E-state index is -0.212. The van der Waals surface area contributed by atoms with Crippen LogP contribution >= 0.6 is 0 Å². The van der Waals surface area contributed by atoms with Crippen molar-refractivity contribution < 1.29 is 4.39 Å². The molecule has 0 amide bonds. The molecule has 0 N–H and O–H groups in total. The molecular formula is C18H22FN3. The number of hydrogen-bond acceptors (Lipinski definition) is 3. The lowest BCUT2D eigenvalue weighted by Gasteiger charge is -2.37. The second kappa shape index (κ2) is 6.44. The van der Waals surface area contributed by atoms with Gasteiger partial charge in [0.1, 0.15) is 11.6 Å². The summed E-state index contributed by atoms with van der Waals surface area (Å²) < 4.78 is 13.0. The second-order valence-electron chi connectivity index (χ2n) is 6.03. The fraction of sp³-hybridized carbons (Fsp3) is 0.389. The summed E-state index contributed by atoms with van der Waals surface area (Å²) in [5, 5.41) is 0. The lowest BCUT2D eigenvalue weighted by Crippen LogP contribution is -2.49. The molecule has 0 bridgehead atoms. The summed E-state index contributed by atoms with van der Waals surface area (Å²) in [7, 11) is 0. The molecule has 2 aromatic rings. The van der Waals surface area contributed by atoms with Gasteiger partial charge in [-0.2, -0.15) is 0 Å². The van der Waals surface area contributed by atoms with Crippen LogP contribution in [0.25, 0.3) is 11.1 Å². The normalized spacial score (nSPS) is 16.3. The Balaban J connectivity index is 1.68. The van der Waals surface area contributed by atoms with Crippen molar-refractivity contribution in [2.45, 2.75) is 19.9 Å². The molecule has 2 heterocycles. The van der Waals surface area contributed by atoms with Crippen LogP contribution in [0.1, 0.15) is 13.8 Å². The number of rotatable bonds is 3. The molecule has 116 valence electrons. The van der Waals surface area contributed by atoms with E-state index < -0.39 is 0 Å². The van der Waals surface area contributed by atoms with Crippen LogP contribution in [0.15, 0.2) is 42.6 Å². The van der Waals surface area contributed by atoms with E-state index >= 15 is 0 Å². The minimum Gasteiger partial charge on any atom is -0.354 e. The van der Waals surface area contributed by atoms with Crippen molar-refractivity contribution >= 4 is 5.82 Å². The first-order valence-corrected chi connectivity index (χ1v) is 7.84. The molecule has 22 heavy (non-hydrogen) atoms. The van der Waals surface area contributed by atoms with Crippen molar-refractivity contribution in [1.29, 1.82) is 0 Å². The molecule has 1 aromatic carbocycles. The van der Waals surface area contributed by atoms with Crippen LogP contribution in [0.5, 0.6) is 0 Å². The fourth-order valence-corrected chi connectivity index (χ4v) is 2.85. The first-order chi connectivity index (χ1) is 10.6. The van der Waals surface area contributed by atoms with Crippen LogP contribution in [0.4, 0.5) is 10.2 Å². The average Bonchev–Trinajstić information content (AvgIpc) is 2.56. The van der Waals surface area contributed by atoms with Crippen LogP contribution in [-0.2, 0) is 0 Å². The number of halogens is 1. The predicted molar refractivity (Wildman–Crippen MR) is 88.6 cm³/mol. The Morgan fingerprint density at radius 2 is 1.55 bits per heavy atom. The number of anilines is 1. The van der Waals surface area contributed by atoms with E-state index in [0.717, 1.165) is 43.1 Å². The molecule has 0 atom stereocenters. The Hall–Kier alpha value is -1.94. The summed E-state index contributed by atoms with van der Waals surface area (Å²) in [6.07, 6.45) is 1.87. The first-order valence-electron chi connectivity index (χ1n) is 7.84. The van der Waals surface area contributed by atoms with E-state index in [9.17, 15) is 4.39 Å². The Labute approximate surface area is 131 Å². The quantitative estimate of drug-likeness (QED) is 0.865. The van der Waals surface area contributed by atoms with E-state index in [1.165, 1.54) is 12.1 Å². The number of aromatic nitrogens is 1. The summed E-state index contributed by atoms with van der Waals surface area (Å²) in [5.74, 6) is 0.811. The molecule has 0 unspecified atom stereocenters. The van der Waals surface area contributed by atoms with Crippen LogP contribution in [0, 0.1) is 5.82 Å². The Morgan fingerprint density at radius 1 is 0.909 bits per heavy atom. The standard InChI is InChI=1S/C18H22FN3/c1-14(2)21-9-11-22(12-10-21)18-8-5-16(13-20-18)15-3-6-17(19)7-4-15/h3-8,13-14H,9-12H2,1-2H3. The minimum absolute atomic E-state index is 0.212. The molecule has 1 aromatic heterocycles. The van der Waals surface area contributed by atoms with Gasteiger partial charge in [-0.1, -0.05) is 12.1 Å². The topological polar surface area (TPSA) is 19.4 Å². The highest BCUT2D eigenvalue weighted by Crippen LogP contribution is 2.22. The third-order valence-corrected chi connectivity index (χ3v) is 4.29. The zero-order valence-electron chi connectivity index (χ0n) is 13.2. The van der Waals surface area contributed by atoms with Crippen LogP contribution in [0.2, 0.25) is 0 Å². The largest absolute Gasteiger partial charge is 0.354 e. The first kappa shape index (κ1) is 15.0. The highest BCUT2D eigenvalue weighted by Gasteiger charge is 2.19. The van der Waals surface area contributed by atoms with Gasteiger partial charge in [0.2, 0.25) is 0 Å². The molecule has 1 aliphatic heterocycles. The van der Waals surface area contributed by atoms with Gasteiger partial charge in [-0.3, -0.25) is 4.90 Å². The summed E-state index contributed by atoms with van der Waals surface area (Å²) in [6.45, 7) is 8.68. The number of piperazine rings is 1. The molecule has 4 heteroatoms. The van der Waals surface area contributed by atoms with E-state index in [0.29, 0.717) is 6.04 Å².